The molecule has 5 N–H and O–H groups in total. The molecule has 182 valence electrons. The maximum absolute atomic E-state index is 13.4. The van der Waals surface area contributed by atoms with Crippen LogP contribution in [0.1, 0.15) is 38.2 Å². The highest BCUT2D eigenvalue weighted by molar-refractivity contribution is 5.95. The SMILES string of the molecule is CC(NC(=O)C1CCCN1C(=O)C1CCCN1C(=O)C(N)Cc1c[nH]c2ccccc12)C(=O)O. The van der Waals surface area contributed by atoms with E-state index in [0.29, 0.717) is 45.2 Å². The number of aromatic amines is 1. The summed E-state index contributed by atoms with van der Waals surface area (Å²) >= 11 is 0. The first-order valence-corrected chi connectivity index (χ1v) is 11.7. The van der Waals surface area contributed by atoms with Crippen molar-refractivity contribution in [1.82, 2.24) is 20.1 Å². The van der Waals surface area contributed by atoms with Crippen molar-refractivity contribution in [3.63, 3.8) is 0 Å². The molecule has 0 saturated carbocycles. The Morgan fingerprint density at radius 2 is 1.79 bits per heavy atom. The van der Waals surface area contributed by atoms with Gasteiger partial charge in [-0.05, 0) is 50.7 Å². The van der Waals surface area contributed by atoms with Gasteiger partial charge < -0.3 is 30.9 Å². The van der Waals surface area contributed by atoms with Crippen LogP contribution in [0.5, 0.6) is 0 Å². The van der Waals surface area contributed by atoms with Crippen molar-refractivity contribution in [1.29, 1.82) is 0 Å². The van der Waals surface area contributed by atoms with E-state index >= 15 is 0 Å². The Morgan fingerprint density at radius 1 is 1.12 bits per heavy atom. The summed E-state index contributed by atoms with van der Waals surface area (Å²) in [6.07, 6.45) is 4.51. The monoisotopic (exact) mass is 469 g/mol. The highest BCUT2D eigenvalue weighted by atomic mass is 16.4. The molecule has 0 aliphatic carbocycles. The summed E-state index contributed by atoms with van der Waals surface area (Å²) in [6, 6.07) is 4.58. The molecule has 34 heavy (non-hydrogen) atoms. The van der Waals surface area contributed by atoms with Crippen LogP contribution in [0.25, 0.3) is 10.9 Å². The topological polar surface area (TPSA) is 149 Å². The van der Waals surface area contributed by atoms with Crippen molar-refractivity contribution >= 4 is 34.6 Å². The number of rotatable bonds is 7. The second kappa shape index (κ2) is 9.84. The van der Waals surface area contributed by atoms with Gasteiger partial charge in [0.1, 0.15) is 18.1 Å². The van der Waals surface area contributed by atoms with E-state index in [4.69, 9.17) is 10.8 Å². The predicted octanol–water partition coefficient (Wildman–Crippen LogP) is 0.609. The molecule has 3 heterocycles. The van der Waals surface area contributed by atoms with E-state index in [2.05, 4.69) is 10.3 Å². The van der Waals surface area contributed by atoms with Crippen molar-refractivity contribution in [2.24, 2.45) is 5.73 Å². The van der Waals surface area contributed by atoms with Gasteiger partial charge in [-0.1, -0.05) is 18.2 Å². The summed E-state index contributed by atoms with van der Waals surface area (Å²) < 4.78 is 0. The Balaban J connectivity index is 1.43. The quantitative estimate of drug-likeness (QED) is 0.467. The number of carboxylic acids is 1. The number of amides is 3. The lowest BCUT2D eigenvalue weighted by Crippen LogP contribution is -2.56. The van der Waals surface area contributed by atoms with Crippen LogP contribution in [-0.2, 0) is 25.6 Å². The number of carbonyl (C=O) groups is 4. The summed E-state index contributed by atoms with van der Waals surface area (Å²) in [5.41, 5.74) is 8.22. The Morgan fingerprint density at radius 3 is 2.53 bits per heavy atom. The van der Waals surface area contributed by atoms with Gasteiger partial charge in [0.2, 0.25) is 17.7 Å². The van der Waals surface area contributed by atoms with Gasteiger partial charge in [0, 0.05) is 30.2 Å². The average Bonchev–Trinajstić information content (AvgIpc) is 3.57. The molecule has 4 rings (SSSR count). The van der Waals surface area contributed by atoms with Gasteiger partial charge in [0.15, 0.2) is 0 Å². The number of fused-ring (bicyclic) bond motifs is 1. The first-order chi connectivity index (χ1) is 16.3. The number of para-hydroxylation sites is 1. The molecule has 0 spiro atoms. The minimum atomic E-state index is -1.14. The number of aliphatic carboxylic acids is 1. The van der Waals surface area contributed by atoms with Gasteiger partial charge in [-0.3, -0.25) is 19.2 Å². The number of benzene rings is 1. The minimum Gasteiger partial charge on any atom is -0.480 e. The maximum Gasteiger partial charge on any atom is 0.325 e. The normalized spacial score (nSPS) is 22.1. The summed E-state index contributed by atoms with van der Waals surface area (Å²) in [5, 5.41) is 12.5. The summed E-state index contributed by atoms with van der Waals surface area (Å²) in [6.45, 7) is 2.23. The lowest BCUT2D eigenvalue weighted by molar-refractivity contribution is -0.148. The molecule has 2 fully saturated rings. The Labute approximate surface area is 197 Å². The lowest BCUT2D eigenvalue weighted by Gasteiger charge is -2.32. The zero-order valence-electron chi connectivity index (χ0n) is 19.2. The molecule has 1 aromatic heterocycles. The molecule has 0 bridgehead atoms. The fourth-order valence-corrected chi connectivity index (χ4v) is 4.99. The van der Waals surface area contributed by atoms with E-state index < -0.39 is 36.0 Å². The van der Waals surface area contributed by atoms with Gasteiger partial charge in [0.25, 0.3) is 0 Å². The third-order valence-electron chi connectivity index (χ3n) is 6.82. The molecule has 10 nitrogen and oxygen atoms in total. The van der Waals surface area contributed by atoms with Crippen molar-refractivity contribution in [3.8, 4) is 0 Å². The molecule has 2 aliphatic heterocycles. The second-order valence-corrected chi connectivity index (χ2v) is 9.12. The Bertz CT molecular complexity index is 1100. The van der Waals surface area contributed by atoms with Gasteiger partial charge in [-0.15, -0.1) is 0 Å². The van der Waals surface area contributed by atoms with Crippen molar-refractivity contribution in [2.75, 3.05) is 13.1 Å². The molecule has 4 unspecified atom stereocenters. The largest absolute Gasteiger partial charge is 0.480 e. The lowest BCUT2D eigenvalue weighted by atomic mass is 10.0. The minimum absolute atomic E-state index is 0.272. The van der Waals surface area contributed by atoms with Crippen LogP contribution in [0, 0.1) is 0 Å². The fourth-order valence-electron chi connectivity index (χ4n) is 4.99. The number of hydrogen-bond donors (Lipinski definition) is 4. The molecule has 4 atom stereocenters. The standard InChI is InChI=1S/C24H31N5O5/c1-14(24(33)34)27-21(30)19-8-4-10-28(19)23(32)20-9-5-11-29(20)22(31)17(25)12-15-13-26-18-7-3-2-6-16(15)18/h2-3,6-7,13-14,17,19-20,26H,4-5,8-12,25H2,1H3,(H,27,30)(H,33,34). The summed E-state index contributed by atoms with van der Waals surface area (Å²) in [7, 11) is 0. The van der Waals surface area contributed by atoms with E-state index in [1.165, 1.54) is 11.8 Å². The smallest absolute Gasteiger partial charge is 0.325 e. The third-order valence-corrected chi connectivity index (χ3v) is 6.82. The number of nitrogens with two attached hydrogens (primary N) is 1. The second-order valence-electron chi connectivity index (χ2n) is 9.12. The first-order valence-electron chi connectivity index (χ1n) is 11.7. The van der Waals surface area contributed by atoms with Crippen LogP contribution in [0.15, 0.2) is 30.5 Å². The number of likely N-dealkylation sites (tertiary alicyclic amines) is 2. The molecule has 0 radical (unpaired) electrons. The Kier molecular flexibility index (Phi) is 6.87. The molecule has 1 aromatic carbocycles. The molecular formula is C24H31N5O5. The van der Waals surface area contributed by atoms with Gasteiger partial charge in [-0.2, -0.15) is 0 Å². The number of hydrogen-bond acceptors (Lipinski definition) is 5. The molecule has 3 amide bonds. The van der Waals surface area contributed by atoms with Gasteiger partial charge >= 0.3 is 5.97 Å². The number of carbonyl (C=O) groups excluding carboxylic acids is 3. The van der Waals surface area contributed by atoms with Crippen LogP contribution in [0.3, 0.4) is 0 Å². The zero-order chi connectivity index (χ0) is 24.4. The number of nitrogens with one attached hydrogen (secondary N) is 2. The van der Waals surface area contributed by atoms with Gasteiger partial charge in [0.05, 0.1) is 6.04 Å². The molecule has 10 heteroatoms. The predicted molar refractivity (Wildman–Crippen MR) is 125 cm³/mol. The summed E-state index contributed by atoms with van der Waals surface area (Å²) in [5.74, 6) is -2.17. The summed E-state index contributed by atoms with van der Waals surface area (Å²) in [4.78, 5) is 56.6. The fraction of sp³-hybridized carbons (Fsp3) is 0.500. The van der Waals surface area contributed by atoms with E-state index in [-0.39, 0.29) is 11.8 Å². The number of aromatic nitrogens is 1. The van der Waals surface area contributed by atoms with Gasteiger partial charge in [-0.25, -0.2) is 0 Å². The maximum atomic E-state index is 13.4. The van der Waals surface area contributed by atoms with Crippen LogP contribution in [0.2, 0.25) is 0 Å². The van der Waals surface area contributed by atoms with Crippen LogP contribution in [0.4, 0.5) is 0 Å². The molecule has 2 saturated heterocycles. The first kappa shape index (κ1) is 23.7. The third kappa shape index (κ3) is 4.63. The van der Waals surface area contributed by atoms with Crippen LogP contribution in [-0.4, -0.2) is 80.8 Å². The molecular weight excluding hydrogens is 438 g/mol. The number of H-pyrrole nitrogens is 1. The average molecular weight is 470 g/mol. The zero-order valence-corrected chi connectivity index (χ0v) is 19.2. The van der Waals surface area contributed by atoms with Crippen molar-refractivity contribution in [3.05, 3.63) is 36.0 Å². The van der Waals surface area contributed by atoms with Crippen molar-refractivity contribution < 1.29 is 24.3 Å². The highest BCUT2D eigenvalue weighted by Crippen LogP contribution is 2.26. The number of carboxylic acid groups (broad SMARTS) is 1. The molecule has 2 aliphatic rings. The van der Waals surface area contributed by atoms with E-state index in [1.54, 1.807) is 4.90 Å². The molecule has 2 aromatic rings. The van der Waals surface area contributed by atoms with E-state index in [1.807, 2.05) is 30.5 Å². The van der Waals surface area contributed by atoms with Crippen LogP contribution < -0.4 is 11.1 Å². The highest BCUT2D eigenvalue weighted by Gasteiger charge is 2.43. The van der Waals surface area contributed by atoms with Crippen LogP contribution >= 0.6 is 0 Å². The van der Waals surface area contributed by atoms with Crippen molar-refractivity contribution in [2.45, 2.75) is 63.2 Å². The Hall–Kier alpha value is -3.40. The number of nitrogens with zero attached hydrogens (tertiary/aromatic N) is 2. The van der Waals surface area contributed by atoms with E-state index in [0.717, 1.165) is 16.5 Å². The van der Waals surface area contributed by atoms with E-state index in [9.17, 15) is 19.2 Å².